The lowest BCUT2D eigenvalue weighted by atomic mass is 9.95. The van der Waals surface area contributed by atoms with Gasteiger partial charge < -0.3 is 9.15 Å². The third-order valence-corrected chi connectivity index (χ3v) is 7.28. The third-order valence-electron chi connectivity index (χ3n) is 6.05. The first-order chi connectivity index (χ1) is 19.5. The molecule has 1 atom stereocenters. The average molecular weight is 604 g/mol. The van der Waals surface area contributed by atoms with Gasteiger partial charge >= 0.3 is 12.1 Å². The molecule has 0 saturated carbocycles. The summed E-state index contributed by atoms with van der Waals surface area (Å²) in [6, 6.07) is 13.0. The predicted molar refractivity (Wildman–Crippen MR) is 143 cm³/mol. The number of carbonyl (C=O) groups excluding carboxylic acids is 1. The fourth-order valence-electron chi connectivity index (χ4n) is 4.35. The molecule has 2 aromatic carbocycles. The van der Waals surface area contributed by atoms with E-state index in [1.54, 1.807) is 6.07 Å². The Morgan fingerprint density at radius 3 is 2.56 bits per heavy atom. The molecule has 0 fully saturated rings. The van der Waals surface area contributed by atoms with Gasteiger partial charge in [-0.05, 0) is 42.8 Å². The number of carbonyl (C=O) groups is 1. The minimum Gasteiger partial charge on any atom is -0.463 e. The van der Waals surface area contributed by atoms with Crippen molar-refractivity contribution in [2.75, 3.05) is 6.61 Å². The molecule has 0 bridgehead atoms. The molecule has 0 saturated heterocycles. The fourth-order valence-corrected chi connectivity index (χ4v) is 5.45. The zero-order valence-corrected chi connectivity index (χ0v) is 22.4. The van der Waals surface area contributed by atoms with Gasteiger partial charge in [-0.2, -0.15) is 13.2 Å². The quantitative estimate of drug-likeness (QED) is 0.171. The molecule has 9 nitrogen and oxygen atoms in total. The molecule has 0 radical (unpaired) electrons. The first-order valence-corrected chi connectivity index (χ1v) is 13.1. The number of halogens is 4. The number of furan rings is 1. The first-order valence-electron chi connectivity index (χ1n) is 11.9. The summed E-state index contributed by atoms with van der Waals surface area (Å²) in [6.07, 6.45) is -3.75. The summed E-state index contributed by atoms with van der Waals surface area (Å²) in [6.45, 7) is 1.24. The Morgan fingerprint density at radius 2 is 1.90 bits per heavy atom. The Labute approximate surface area is 237 Å². The van der Waals surface area contributed by atoms with E-state index < -0.39 is 39.9 Å². The van der Waals surface area contributed by atoms with Crippen molar-refractivity contribution in [1.82, 2.24) is 4.57 Å². The number of fused-ring (bicyclic) bond motifs is 1. The van der Waals surface area contributed by atoms with Crippen LogP contribution in [0.4, 0.5) is 18.9 Å². The molecule has 41 heavy (non-hydrogen) atoms. The van der Waals surface area contributed by atoms with Crippen molar-refractivity contribution in [1.29, 1.82) is 0 Å². The van der Waals surface area contributed by atoms with Gasteiger partial charge in [-0.15, -0.1) is 0 Å². The number of nitro groups is 1. The number of esters is 1. The lowest BCUT2D eigenvalue weighted by molar-refractivity contribution is -0.384. The van der Waals surface area contributed by atoms with Crippen LogP contribution in [0.15, 0.2) is 86.1 Å². The number of benzene rings is 2. The van der Waals surface area contributed by atoms with E-state index in [1.807, 2.05) is 0 Å². The van der Waals surface area contributed by atoms with Crippen molar-refractivity contribution in [3.05, 3.63) is 118 Å². The van der Waals surface area contributed by atoms with E-state index in [-0.39, 0.29) is 44.3 Å². The maximum absolute atomic E-state index is 14.2. The summed E-state index contributed by atoms with van der Waals surface area (Å²) in [5.74, 6) is -0.996. The van der Waals surface area contributed by atoms with Crippen LogP contribution in [-0.2, 0) is 9.53 Å². The van der Waals surface area contributed by atoms with Gasteiger partial charge in [0.1, 0.15) is 11.5 Å². The van der Waals surface area contributed by atoms with E-state index in [0.717, 1.165) is 4.57 Å². The maximum Gasteiger partial charge on any atom is 0.434 e. The number of nitro benzene ring substituents is 1. The highest BCUT2D eigenvalue weighted by molar-refractivity contribution is 7.07. The highest BCUT2D eigenvalue weighted by atomic mass is 35.5. The Morgan fingerprint density at radius 1 is 1.20 bits per heavy atom. The van der Waals surface area contributed by atoms with Crippen molar-refractivity contribution in [2.24, 2.45) is 4.99 Å². The summed E-state index contributed by atoms with van der Waals surface area (Å²) in [7, 11) is 0. The van der Waals surface area contributed by atoms with Crippen LogP contribution in [0, 0.1) is 10.1 Å². The standard InChI is InChI=1S/C27H17ClF3N3O6S/c1-2-39-25(36)21-22(14-7-9-15(28)10-8-14)33-24(35)20(41-26(33)32-23(21)27(29,30)31)13-16-11-12-19(40-16)17-5-3-4-6-18(17)34(37)38/h3-13,22H,2H2,1H3/b20-13-/t22-/m1/s1. The van der Waals surface area contributed by atoms with Gasteiger partial charge in [-0.3, -0.25) is 19.5 Å². The topological polar surface area (TPSA) is 117 Å². The number of thiazole rings is 1. The molecule has 0 spiro atoms. The molecule has 14 heteroatoms. The number of ether oxygens (including phenoxy) is 1. The second-order valence-electron chi connectivity index (χ2n) is 8.59. The molecular formula is C27H17ClF3N3O6S. The second-order valence-corrected chi connectivity index (χ2v) is 10.0. The summed E-state index contributed by atoms with van der Waals surface area (Å²) in [5, 5.41) is 11.7. The van der Waals surface area contributed by atoms with Crippen LogP contribution in [0.5, 0.6) is 0 Å². The Balaban J connectivity index is 1.71. The number of alkyl halides is 3. The van der Waals surface area contributed by atoms with E-state index in [9.17, 15) is 32.9 Å². The van der Waals surface area contributed by atoms with Gasteiger partial charge in [0.25, 0.3) is 11.2 Å². The summed E-state index contributed by atoms with van der Waals surface area (Å²) < 4.78 is 54.3. The number of nitrogens with zero attached hydrogens (tertiary/aromatic N) is 3. The molecule has 3 heterocycles. The van der Waals surface area contributed by atoms with E-state index in [4.69, 9.17) is 20.8 Å². The third kappa shape index (κ3) is 5.33. The molecule has 2 aromatic heterocycles. The number of hydrogen-bond acceptors (Lipinski definition) is 8. The van der Waals surface area contributed by atoms with Crippen LogP contribution < -0.4 is 14.9 Å². The van der Waals surface area contributed by atoms with E-state index in [2.05, 4.69) is 4.99 Å². The van der Waals surface area contributed by atoms with Gasteiger partial charge in [0.05, 0.1) is 33.2 Å². The maximum atomic E-state index is 14.2. The highest BCUT2D eigenvalue weighted by Crippen LogP contribution is 2.38. The molecule has 0 amide bonds. The van der Waals surface area contributed by atoms with Gasteiger partial charge in [0.15, 0.2) is 10.5 Å². The Hall–Kier alpha value is -4.49. The van der Waals surface area contributed by atoms with E-state index in [1.165, 1.54) is 67.6 Å². The smallest absolute Gasteiger partial charge is 0.434 e. The van der Waals surface area contributed by atoms with Gasteiger partial charge in [0, 0.05) is 17.2 Å². The Kier molecular flexibility index (Phi) is 7.41. The number of rotatable bonds is 6. The van der Waals surface area contributed by atoms with Gasteiger partial charge in [-0.1, -0.05) is 47.2 Å². The van der Waals surface area contributed by atoms with Crippen molar-refractivity contribution < 1.29 is 32.0 Å². The van der Waals surface area contributed by atoms with Crippen molar-refractivity contribution in [3.8, 4) is 11.3 Å². The Bertz CT molecular complexity index is 1890. The summed E-state index contributed by atoms with van der Waals surface area (Å²) >= 11 is 6.64. The van der Waals surface area contributed by atoms with E-state index >= 15 is 0 Å². The normalized spacial score (nSPS) is 15.4. The van der Waals surface area contributed by atoms with Crippen LogP contribution in [0.1, 0.15) is 24.3 Å². The molecule has 0 unspecified atom stereocenters. The number of para-hydroxylation sites is 1. The van der Waals surface area contributed by atoms with Crippen molar-refractivity contribution in [2.45, 2.75) is 19.1 Å². The lowest BCUT2D eigenvalue weighted by Crippen LogP contribution is -2.41. The minimum atomic E-state index is -5.04. The minimum absolute atomic E-state index is 0.0437. The van der Waals surface area contributed by atoms with Gasteiger partial charge in [0.2, 0.25) is 0 Å². The highest BCUT2D eigenvalue weighted by Gasteiger charge is 2.45. The van der Waals surface area contributed by atoms with Crippen LogP contribution >= 0.6 is 22.9 Å². The summed E-state index contributed by atoms with van der Waals surface area (Å²) in [5.41, 5.74) is -2.85. The SMILES string of the molecule is CCOC(=O)C1=C(C(F)(F)F)N=c2s/c(=C\c3ccc(-c4ccccc4[N+](=O)[O-])o3)c(=O)n2[C@@H]1c1ccc(Cl)cc1. The number of aromatic nitrogens is 1. The van der Waals surface area contributed by atoms with Crippen LogP contribution in [0.2, 0.25) is 5.02 Å². The summed E-state index contributed by atoms with van der Waals surface area (Å²) in [4.78, 5) is 40.8. The molecule has 1 aliphatic heterocycles. The van der Waals surface area contributed by atoms with Crippen LogP contribution in [-0.4, -0.2) is 28.2 Å². The monoisotopic (exact) mass is 603 g/mol. The van der Waals surface area contributed by atoms with Crippen molar-refractivity contribution >= 4 is 40.7 Å². The molecule has 210 valence electrons. The second kappa shape index (κ2) is 10.8. The first kappa shape index (κ1) is 28.1. The molecule has 5 rings (SSSR count). The molecule has 0 N–H and O–H groups in total. The van der Waals surface area contributed by atoms with Crippen LogP contribution in [0.3, 0.4) is 0 Å². The lowest BCUT2D eigenvalue weighted by Gasteiger charge is -2.26. The zero-order chi connectivity index (χ0) is 29.5. The number of allylic oxidation sites excluding steroid dienone is 1. The molecule has 4 aromatic rings. The fraction of sp³-hybridized carbons (Fsp3) is 0.148. The van der Waals surface area contributed by atoms with Gasteiger partial charge in [-0.25, -0.2) is 9.79 Å². The average Bonchev–Trinajstić information content (AvgIpc) is 3.52. The molecule has 1 aliphatic rings. The molecule has 0 aliphatic carbocycles. The van der Waals surface area contributed by atoms with Crippen LogP contribution in [0.25, 0.3) is 17.4 Å². The predicted octanol–water partition coefficient (Wildman–Crippen LogP) is 5.16. The largest absolute Gasteiger partial charge is 0.463 e. The molecular weight excluding hydrogens is 587 g/mol. The van der Waals surface area contributed by atoms with Crippen molar-refractivity contribution in [3.63, 3.8) is 0 Å². The van der Waals surface area contributed by atoms with E-state index in [0.29, 0.717) is 16.4 Å². The zero-order valence-electron chi connectivity index (χ0n) is 20.8. The number of hydrogen-bond donors (Lipinski definition) is 0.